The van der Waals surface area contributed by atoms with E-state index in [1.807, 2.05) is 0 Å². The predicted molar refractivity (Wildman–Crippen MR) is 49.3 cm³/mol. The van der Waals surface area contributed by atoms with Crippen LogP contribution in [0.3, 0.4) is 0 Å². The quantitative estimate of drug-likeness (QED) is 0.513. The number of anilines is 1. The van der Waals surface area contributed by atoms with Crippen LogP contribution in [0.25, 0.3) is 0 Å². The van der Waals surface area contributed by atoms with E-state index in [4.69, 9.17) is 11.6 Å². The van der Waals surface area contributed by atoms with Gasteiger partial charge in [-0.3, -0.25) is 14.4 Å². The number of halogens is 1. The van der Waals surface area contributed by atoms with Gasteiger partial charge in [-0.15, -0.1) is 0 Å². The topological polar surface area (TPSA) is 54.5 Å². The molecule has 5 heteroatoms. The zero-order valence-corrected chi connectivity index (χ0v) is 7.62. The molecule has 1 aromatic rings. The van der Waals surface area contributed by atoms with Crippen LogP contribution in [0.15, 0.2) is 18.2 Å². The largest absolute Gasteiger partial charge is 0.306 e. The smallest absolute Gasteiger partial charge is 0.283 e. The van der Waals surface area contributed by atoms with E-state index in [1.165, 1.54) is 18.2 Å². The monoisotopic (exact) mass is 209 g/mol. The fourth-order valence-electron chi connectivity index (χ4n) is 1.34. The van der Waals surface area contributed by atoms with Gasteiger partial charge in [-0.2, -0.15) is 0 Å². The molecule has 2 amide bonds. The highest BCUT2D eigenvalue weighted by atomic mass is 35.5. The SMILES string of the molecule is O=CN1C(=O)C(=O)c2cc(Cl)ccc21. The Morgan fingerprint density at radius 1 is 1.29 bits per heavy atom. The zero-order chi connectivity index (χ0) is 10.3. The van der Waals surface area contributed by atoms with Crippen LogP contribution in [0.2, 0.25) is 5.02 Å². The molecule has 1 aliphatic heterocycles. The fraction of sp³-hybridized carbons (Fsp3) is 0. The minimum Gasteiger partial charge on any atom is -0.283 e. The summed E-state index contributed by atoms with van der Waals surface area (Å²) in [5.41, 5.74) is 0.467. The number of fused-ring (bicyclic) bond motifs is 1. The van der Waals surface area contributed by atoms with Crippen molar-refractivity contribution >= 4 is 35.4 Å². The number of amides is 2. The Labute approximate surface area is 84.1 Å². The summed E-state index contributed by atoms with van der Waals surface area (Å²) in [6.45, 7) is 0. The maximum Gasteiger partial charge on any atom is 0.306 e. The number of imide groups is 1. The van der Waals surface area contributed by atoms with Crippen LogP contribution >= 0.6 is 11.6 Å². The Hall–Kier alpha value is -1.68. The van der Waals surface area contributed by atoms with Crippen LogP contribution in [0, 0.1) is 0 Å². The number of hydrogen-bond donors (Lipinski definition) is 0. The van der Waals surface area contributed by atoms with Gasteiger partial charge in [0.05, 0.1) is 11.3 Å². The van der Waals surface area contributed by atoms with Gasteiger partial charge in [-0.1, -0.05) is 11.6 Å². The second-order valence-corrected chi connectivity index (χ2v) is 3.21. The van der Waals surface area contributed by atoms with Crippen molar-refractivity contribution in [3.8, 4) is 0 Å². The Kier molecular flexibility index (Phi) is 1.86. The first-order chi connectivity index (χ1) is 6.65. The van der Waals surface area contributed by atoms with Crippen LogP contribution in [0.5, 0.6) is 0 Å². The minimum atomic E-state index is -0.836. The predicted octanol–water partition coefficient (Wildman–Crippen LogP) is 1.03. The lowest BCUT2D eigenvalue weighted by atomic mass is 10.1. The van der Waals surface area contributed by atoms with Gasteiger partial charge in [0.15, 0.2) is 0 Å². The van der Waals surface area contributed by atoms with Crippen molar-refractivity contribution in [1.29, 1.82) is 0 Å². The number of ketones is 1. The summed E-state index contributed by atoms with van der Waals surface area (Å²) in [5, 5.41) is 0.359. The van der Waals surface area contributed by atoms with Gasteiger partial charge in [-0.05, 0) is 18.2 Å². The lowest BCUT2D eigenvalue weighted by Crippen LogP contribution is -2.27. The molecular weight excluding hydrogens is 206 g/mol. The van der Waals surface area contributed by atoms with Crippen molar-refractivity contribution in [1.82, 2.24) is 0 Å². The van der Waals surface area contributed by atoms with E-state index in [9.17, 15) is 14.4 Å². The van der Waals surface area contributed by atoms with Crippen molar-refractivity contribution in [3.05, 3.63) is 28.8 Å². The van der Waals surface area contributed by atoms with Gasteiger partial charge in [0.25, 0.3) is 5.78 Å². The van der Waals surface area contributed by atoms with Gasteiger partial charge >= 0.3 is 5.91 Å². The minimum absolute atomic E-state index is 0.176. The van der Waals surface area contributed by atoms with Gasteiger partial charge in [0.1, 0.15) is 0 Å². The summed E-state index contributed by atoms with van der Waals surface area (Å²) in [6, 6.07) is 4.36. The van der Waals surface area contributed by atoms with Crippen molar-refractivity contribution in [2.75, 3.05) is 4.90 Å². The molecule has 0 unspecified atom stereocenters. The summed E-state index contributed by atoms with van der Waals surface area (Å²) in [6.07, 6.45) is 0.319. The molecule has 0 N–H and O–H groups in total. The van der Waals surface area contributed by atoms with Gasteiger partial charge in [0, 0.05) is 5.02 Å². The third-order valence-corrected chi connectivity index (χ3v) is 2.22. The number of rotatable bonds is 1. The van der Waals surface area contributed by atoms with Crippen LogP contribution in [-0.4, -0.2) is 18.1 Å². The molecule has 0 aliphatic carbocycles. The molecule has 1 aliphatic rings. The van der Waals surface area contributed by atoms with Crippen LogP contribution in [-0.2, 0) is 9.59 Å². The average molecular weight is 210 g/mol. The Morgan fingerprint density at radius 2 is 2.00 bits per heavy atom. The van der Waals surface area contributed by atoms with Gasteiger partial charge in [0.2, 0.25) is 6.41 Å². The first-order valence-electron chi connectivity index (χ1n) is 3.78. The normalized spacial score (nSPS) is 14.5. The molecule has 0 bridgehead atoms. The number of hydrogen-bond acceptors (Lipinski definition) is 3. The van der Waals surface area contributed by atoms with E-state index in [0.717, 1.165) is 4.90 Å². The third kappa shape index (κ3) is 1.04. The van der Waals surface area contributed by atoms with E-state index in [2.05, 4.69) is 0 Å². The lowest BCUT2D eigenvalue weighted by molar-refractivity contribution is -0.118. The summed E-state index contributed by atoms with van der Waals surface area (Å²) >= 11 is 5.66. The van der Waals surface area contributed by atoms with E-state index in [-0.39, 0.29) is 5.56 Å². The molecule has 1 aromatic carbocycles. The maximum atomic E-state index is 11.3. The van der Waals surface area contributed by atoms with Crippen LogP contribution in [0.1, 0.15) is 10.4 Å². The molecule has 0 saturated carbocycles. The van der Waals surface area contributed by atoms with Crippen molar-refractivity contribution < 1.29 is 14.4 Å². The molecule has 2 rings (SSSR count). The van der Waals surface area contributed by atoms with E-state index in [0.29, 0.717) is 17.1 Å². The Balaban J connectivity index is 2.67. The summed E-state index contributed by atoms with van der Waals surface area (Å²) in [4.78, 5) is 33.8. The molecule has 0 aromatic heterocycles. The first kappa shape index (κ1) is 8.90. The molecule has 0 atom stereocenters. The molecule has 0 fully saturated rings. The van der Waals surface area contributed by atoms with E-state index in [1.54, 1.807) is 0 Å². The van der Waals surface area contributed by atoms with Crippen molar-refractivity contribution in [2.24, 2.45) is 0 Å². The second-order valence-electron chi connectivity index (χ2n) is 2.77. The van der Waals surface area contributed by atoms with E-state index >= 15 is 0 Å². The molecule has 70 valence electrons. The van der Waals surface area contributed by atoms with Crippen molar-refractivity contribution in [3.63, 3.8) is 0 Å². The van der Waals surface area contributed by atoms with Gasteiger partial charge in [-0.25, -0.2) is 4.90 Å². The molecule has 0 spiro atoms. The maximum absolute atomic E-state index is 11.3. The number of carbonyl (C=O) groups is 3. The van der Waals surface area contributed by atoms with Gasteiger partial charge < -0.3 is 0 Å². The molecule has 0 saturated heterocycles. The van der Waals surface area contributed by atoms with E-state index < -0.39 is 11.7 Å². The number of Topliss-reactive ketones (excluding diaryl/α,β-unsaturated/α-hetero) is 1. The molecule has 0 radical (unpaired) electrons. The highest BCUT2D eigenvalue weighted by molar-refractivity contribution is 6.55. The number of carbonyl (C=O) groups excluding carboxylic acids is 3. The number of nitrogens with zero attached hydrogens (tertiary/aromatic N) is 1. The summed E-state index contributed by atoms with van der Waals surface area (Å²) in [5.74, 6) is -1.54. The lowest BCUT2D eigenvalue weighted by Gasteiger charge is -2.05. The highest BCUT2D eigenvalue weighted by Crippen LogP contribution is 2.29. The van der Waals surface area contributed by atoms with Crippen molar-refractivity contribution in [2.45, 2.75) is 0 Å². The van der Waals surface area contributed by atoms with Crippen LogP contribution in [0.4, 0.5) is 5.69 Å². The highest BCUT2D eigenvalue weighted by Gasteiger charge is 2.35. The zero-order valence-electron chi connectivity index (χ0n) is 6.86. The Morgan fingerprint density at radius 3 is 2.64 bits per heavy atom. The summed E-state index contributed by atoms with van der Waals surface area (Å²) < 4.78 is 0. The standard InChI is InChI=1S/C9H4ClNO3/c10-5-1-2-7-6(3-5)8(13)9(14)11(7)4-12/h1-4H. The second kappa shape index (κ2) is 2.92. The summed E-state index contributed by atoms with van der Waals surface area (Å²) in [7, 11) is 0. The fourth-order valence-corrected chi connectivity index (χ4v) is 1.51. The number of benzene rings is 1. The molecular formula is C9H4ClNO3. The molecule has 4 nitrogen and oxygen atoms in total. The average Bonchev–Trinajstić information content (AvgIpc) is 2.41. The third-order valence-electron chi connectivity index (χ3n) is 1.98. The Bertz CT molecular complexity index is 455. The molecule has 14 heavy (non-hydrogen) atoms. The molecule has 1 heterocycles. The van der Waals surface area contributed by atoms with Crippen LogP contribution < -0.4 is 4.90 Å². The first-order valence-corrected chi connectivity index (χ1v) is 4.15.